The summed E-state index contributed by atoms with van der Waals surface area (Å²) in [5, 5.41) is 3.65. The van der Waals surface area contributed by atoms with Crippen molar-refractivity contribution in [2.75, 3.05) is 26.4 Å². The molecule has 1 unspecified atom stereocenters. The molecular weight excluding hydrogens is 238 g/mol. The zero-order valence-corrected chi connectivity index (χ0v) is 13.0. The van der Waals surface area contributed by atoms with Crippen LogP contribution in [-0.4, -0.2) is 37.5 Å². The fourth-order valence-electron chi connectivity index (χ4n) is 3.00. The van der Waals surface area contributed by atoms with Crippen LogP contribution in [0.4, 0.5) is 0 Å². The average molecular weight is 269 g/mol. The van der Waals surface area contributed by atoms with Crippen LogP contribution in [0.3, 0.4) is 0 Å². The first-order valence-electron chi connectivity index (χ1n) is 7.96. The highest BCUT2D eigenvalue weighted by Crippen LogP contribution is 2.32. The molecule has 1 heterocycles. The van der Waals surface area contributed by atoms with E-state index in [-0.39, 0.29) is 11.1 Å². The SMILES string of the molecule is CC(C)(C)NCC1(OCC2CCOC2)CCCCC1. The number of nitrogens with one attached hydrogen (secondary N) is 1. The maximum absolute atomic E-state index is 6.41. The van der Waals surface area contributed by atoms with Gasteiger partial charge in [-0.3, -0.25) is 0 Å². The Hall–Kier alpha value is -0.120. The molecule has 3 nitrogen and oxygen atoms in total. The van der Waals surface area contributed by atoms with Crippen molar-refractivity contribution in [1.82, 2.24) is 5.32 Å². The standard InChI is InChI=1S/C16H31NO2/c1-15(2,3)17-13-16(8-5-4-6-9-16)19-12-14-7-10-18-11-14/h14,17H,4-13H2,1-3H3. The van der Waals surface area contributed by atoms with Crippen LogP contribution in [0.15, 0.2) is 0 Å². The molecule has 1 N–H and O–H groups in total. The molecule has 2 rings (SSSR count). The topological polar surface area (TPSA) is 30.5 Å². The molecule has 2 fully saturated rings. The van der Waals surface area contributed by atoms with Gasteiger partial charge >= 0.3 is 0 Å². The van der Waals surface area contributed by atoms with E-state index in [0.717, 1.165) is 26.4 Å². The van der Waals surface area contributed by atoms with E-state index in [2.05, 4.69) is 26.1 Å². The van der Waals surface area contributed by atoms with Gasteiger partial charge in [0.05, 0.1) is 18.8 Å². The molecule has 0 aromatic rings. The van der Waals surface area contributed by atoms with Crippen LogP contribution in [0, 0.1) is 5.92 Å². The first-order valence-corrected chi connectivity index (χ1v) is 7.96. The minimum absolute atomic E-state index is 0.0775. The quantitative estimate of drug-likeness (QED) is 0.832. The third-order valence-electron chi connectivity index (χ3n) is 4.35. The van der Waals surface area contributed by atoms with Gasteiger partial charge in [-0.05, 0) is 40.0 Å². The van der Waals surface area contributed by atoms with E-state index < -0.39 is 0 Å². The highest BCUT2D eigenvalue weighted by molar-refractivity contribution is 4.89. The predicted octanol–water partition coefficient (Wildman–Crippen LogP) is 3.13. The van der Waals surface area contributed by atoms with E-state index in [4.69, 9.17) is 9.47 Å². The van der Waals surface area contributed by atoms with Gasteiger partial charge in [0.1, 0.15) is 0 Å². The summed E-state index contributed by atoms with van der Waals surface area (Å²) in [5.74, 6) is 0.619. The van der Waals surface area contributed by atoms with Crippen LogP contribution in [0.5, 0.6) is 0 Å². The van der Waals surface area contributed by atoms with Gasteiger partial charge in [0.2, 0.25) is 0 Å². The van der Waals surface area contributed by atoms with Crippen LogP contribution < -0.4 is 5.32 Å². The van der Waals surface area contributed by atoms with E-state index in [1.165, 1.54) is 38.5 Å². The number of hydrogen-bond donors (Lipinski definition) is 1. The van der Waals surface area contributed by atoms with E-state index in [0.29, 0.717) is 5.92 Å². The largest absolute Gasteiger partial charge is 0.381 e. The van der Waals surface area contributed by atoms with Crippen LogP contribution >= 0.6 is 0 Å². The van der Waals surface area contributed by atoms with Crippen LogP contribution in [0.1, 0.15) is 59.3 Å². The summed E-state index contributed by atoms with van der Waals surface area (Å²) in [7, 11) is 0. The van der Waals surface area contributed by atoms with Gasteiger partial charge in [0, 0.05) is 24.6 Å². The first-order chi connectivity index (χ1) is 8.99. The molecule has 112 valence electrons. The lowest BCUT2D eigenvalue weighted by atomic mass is 9.84. The summed E-state index contributed by atoms with van der Waals surface area (Å²) < 4.78 is 11.9. The molecule has 1 saturated heterocycles. The van der Waals surface area contributed by atoms with Gasteiger partial charge in [-0.2, -0.15) is 0 Å². The number of hydrogen-bond acceptors (Lipinski definition) is 3. The molecule has 1 atom stereocenters. The van der Waals surface area contributed by atoms with Crippen molar-refractivity contribution >= 4 is 0 Å². The Morgan fingerprint density at radius 2 is 1.95 bits per heavy atom. The Labute approximate surface area is 118 Å². The van der Waals surface area contributed by atoms with Crippen LogP contribution in [-0.2, 0) is 9.47 Å². The summed E-state index contributed by atoms with van der Waals surface area (Å²) in [6.45, 7) is 10.4. The maximum atomic E-state index is 6.41. The maximum Gasteiger partial charge on any atom is 0.0806 e. The van der Waals surface area contributed by atoms with Crippen LogP contribution in [0.25, 0.3) is 0 Å². The van der Waals surface area contributed by atoms with Gasteiger partial charge in [-0.1, -0.05) is 19.3 Å². The number of rotatable bonds is 5. The fourth-order valence-corrected chi connectivity index (χ4v) is 3.00. The molecule has 2 aliphatic rings. The zero-order chi connectivity index (χ0) is 13.8. The summed E-state index contributed by atoms with van der Waals surface area (Å²) in [6.07, 6.45) is 7.59. The van der Waals surface area contributed by atoms with Crippen LogP contribution in [0.2, 0.25) is 0 Å². The molecule has 1 aliphatic heterocycles. The van der Waals surface area contributed by atoms with Crippen molar-refractivity contribution in [2.45, 2.75) is 70.4 Å². The summed E-state index contributed by atoms with van der Waals surface area (Å²) in [4.78, 5) is 0. The molecule has 1 saturated carbocycles. The van der Waals surface area contributed by atoms with Gasteiger partial charge < -0.3 is 14.8 Å². The molecular formula is C16H31NO2. The minimum Gasteiger partial charge on any atom is -0.381 e. The summed E-state index contributed by atoms with van der Waals surface area (Å²) in [5.41, 5.74) is 0.248. The second-order valence-electron chi connectivity index (χ2n) is 7.39. The van der Waals surface area contributed by atoms with Gasteiger partial charge in [0.25, 0.3) is 0 Å². The van der Waals surface area contributed by atoms with E-state index >= 15 is 0 Å². The smallest absolute Gasteiger partial charge is 0.0806 e. The second-order valence-corrected chi connectivity index (χ2v) is 7.39. The molecule has 0 aromatic carbocycles. The highest BCUT2D eigenvalue weighted by atomic mass is 16.5. The molecule has 0 aromatic heterocycles. The Morgan fingerprint density at radius 3 is 2.53 bits per heavy atom. The Balaban J connectivity index is 1.85. The highest BCUT2D eigenvalue weighted by Gasteiger charge is 2.34. The molecule has 0 amide bonds. The molecule has 3 heteroatoms. The third kappa shape index (κ3) is 5.05. The van der Waals surface area contributed by atoms with Gasteiger partial charge in [0.15, 0.2) is 0 Å². The summed E-state index contributed by atoms with van der Waals surface area (Å²) >= 11 is 0. The van der Waals surface area contributed by atoms with Gasteiger partial charge in [-0.25, -0.2) is 0 Å². The lowest BCUT2D eigenvalue weighted by molar-refractivity contribution is -0.0843. The summed E-state index contributed by atoms with van der Waals surface area (Å²) in [6, 6.07) is 0. The Kier molecular flexibility index (Phi) is 5.27. The molecule has 1 aliphatic carbocycles. The fraction of sp³-hybridized carbons (Fsp3) is 1.00. The third-order valence-corrected chi connectivity index (χ3v) is 4.35. The van der Waals surface area contributed by atoms with Crippen molar-refractivity contribution in [3.8, 4) is 0 Å². The van der Waals surface area contributed by atoms with Crippen molar-refractivity contribution in [2.24, 2.45) is 5.92 Å². The zero-order valence-electron chi connectivity index (χ0n) is 13.0. The normalized spacial score (nSPS) is 27.6. The molecule has 0 radical (unpaired) electrons. The molecule has 0 spiro atoms. The van der Waals surface area contributed by atoms with E-state index in [1.54, 1.807) is 0 Å². The van der Waals surface area contributed by atoms with Crippen molar-refractivity contribution in [3.63, 3.8) is 0 Å². The Morgan fingerprint density at radius 1 is 1.21 bits per heavy atom. The predicted molar refractivity (Wildman–Crippen MR) is 78.4 cm³/mol. The molecule has 0 bridgehead atoms. The minimum atomic E-state index is 0.0775. The monoisotopic (exact) mass is 269 g/mol. The lowest BCUT2D eigenvalue weighted by Crippen LogP contribution is -2.50. The molecule has 19 heavy (non-hydrogen) atoms. The van der Waals surface area contributed by atoms with Crippen molar-refractivity contribution in [3.05, 3.63) is 0 Å². The van der Waals surface area contributed by atoms with E-state index in [1.807, 2.05) is 0 Å². The number of ether oxygens (including phenoxy) is 2. The first kappa shape index (κ1) is 15.3. The van der Waals surface area contributed by atoms with Crippen molar-refractivity contribution < 1.29 is 9.47 Å². The van der Waals surface area contributed by atoms with Crippen molar-refractivity contribution in [1.29, 1.82) is 0 Å². The lowest BCUT2D eigenvalue weighted by Gasteiger charge is -2.40. The van der Waals surface area contributed by atoms with E-state index in [9.17, 15) is 0 Å². The van der Waals surface area contributed by atoms with Gasteiger partial charge in [-0.15, -0.1) is 0 Å². The Bertz CT molecular complexity index is 260. The second kappa shape index (κ2) is 6.55. The average Bonchev–Trinajstić information content (AvgIpc) is 2.88.